The van der Waals surface area contributed by atoms with Crippen molar-refractivity contribution in [2.24, 2.45) is 23.7 Å². The second kappa shape index (κ2) is 17.5. The smallest absolute Gasteiger partial charge is 0.242 e. The Morgan fingerprint density at radius 3 is 2.15 bits per heavy atom. The lowest BCUT2D eigenvalue weighted by Crippen LogP contribution is -2.56. The van der Waals surface area contributed by atoms with E-state index < -0.39 is 41.0 Å². The summed E-state index contributed by atoms with van der Waals surface area (Å²) in [4.78, 5) is 28.8. The first-order valence-electron chi connectivity index (χ1n) is 18.0. The minimum atomic E-state index is -1.44. The summed E-state index contributed by atoms with van der Waals surface area (Å²) in [5.74, 6) is -0.175. The predicted octanol–water partition coefficient (Wildman–Crippen LogP) is 6.31. The van der Waals surface area contributed by atoms with Crippen LogP contribution in [0.4, 0.5) is 0 Å². The zero-order valence-corrected chi connectivity index (χ0v) is 29.4. The highest BCUT2D eigenvalue weighted by Crippen LogP contribution is 2.34. The lowest BCUT2D eigenvalue weighted by molar-refractivity contribution is -0.132. The van der Waals surface area contributed by atoms with Gasteiger partial charge in [0, 0.05) is 10.6 Å². The van der Waals surface area contributed by atoms with E-state index in [9.17, 15) is 24.0 Å². The SMILES string of the molecule is CC(C)C[C@H](O)[C@H](O)[C@H](CC1CCCCC1)NC(=O)[C@H](CC1CC1)NC(=O)[C@H](Cc1ccccc1)CS(=O)c1ccc2ccccc2c1. The Morgan fingerprint density at radius 1 is 0.792 bits per heavy atom. The van der Waals surface area contributed by atoms with E-state index in [0.717, 1.165) is 54.9 Å². The van der Waals surface area contributed by atoms with E-state index in [1.807, 2.05) is 86.6 Å². The van der Waals surface area contributed by atoms with Gasteiger partial charge >= 0.3 is 0 Å². The van der Waals surface area contributed by atoms with E-state index in [4.69, 9.17) is 0 Å². The molecule has 2 fully saturated rings. The molecule has 0 spiro atoms. The standard InChI is InChI=1S/C40H54N2O5S/c1-27(2)21-37(43)38(44)35(23-29-13-7-4-8-14-29)41-40(46)36(24-30-17-18-30)42-39(45)33(22-28-11-5-3-6-12-28)26-48(47)34-20-19-31-15-9-10-16-32(31)25-34/h3,5-6,9-12,15-16,19-20,25,27,29-30,33,35-38,43-44H,4,7-8,13-14,17-18,21-24,26H2,1-2H3,(H,41,46)(H,42,45)/t33-,35+,36+,37+,38-,48?/m1/s1. The molecule has 5 rings (SSSR count). The molecule has 0 bridgehead atoms. The van der Waals surface area contributed by atoms with Crippen LogP contribution in [0.2, 0.25) is 0 Å². The van der Waals surface area contributed by atoms with Gasteiger partial charge in [-0.25, -0.2) is 0 Å². The maximum atomic E-state index is 14.1. The van der Waals surface area contributed by atoms with Crippen LogP contribution >= 0.6 is 0 Å². The van der Waals surface area contributed by atoms with Crippen molar-refractivity contribution in [1.82, 2.24) is 10.6 Å². The topological polar surface area (TPSA) is 116 Å². The quantitative estimate of drug-likeness (QED) is 0.134. The van der Waals surface area contributed by atoms with Gasteiger partial charge in [-0.1, -0.05) is 119 Å². The minimum absolute atomic E-state index is 0.126. The Bertz CT molecular complexity index is 1500. The number of amides is 2. The fourth-order valence-corrected chi connectivity index (χ4v) is 8.47. The zero-order chi connectivity index (χ0) is 34.0. The molecular formula is C40H54N2O5S. The third-order valence-electron chi connectivity index (χ3n) is 10.1. The molecule has 0 heterocycles. The van der Waals surface area contributed by atoms with E-state index in [2.05, 4.69) is 10.6 Å². The van der Waals surface area contributed by atoms with Gasteiger partial charge in [0.2, 0.25) is 11.8 Å². The molecule has 0 saturated heterocycles. The van der Waals surface area contributed by atoms with Crippen molar-refractivity contribution in [3.8, 4) is 0 Å². The zero-order valence-electron chi connectivity index (χ0n) is 28.6. The first-order valence-corrected chi connectivity index (χ1v) is 19.4. The molecule has 0 radical (unpaired) electrons. The van der Waals surface area contributed by atoms with Crippen LogP contribution in [0.3, 0.4) is 0 Å². The molecule has 8 heteroatoms. The maximum Gasteiger partial charge on any atom is 0.242 e. The number of rotatable bonds is 17. The van der Waals surface area contributed by atoms with Crippen LogP contribution in [0.25, 0.3) is 10.8 Å². The molecule has 2 saturated carbocycles. The van der Waals surface area contributed by atoms with E-state index >= 15 is 0 Å². The molecule has 48 heavy (non-hydrogen) atoms. The Balaban J connectivity index is 1.33. The third-order valence-corrected chi connectivity index (χ3v) is 11.6. The normalized spacial score (nSPS) is 19.3. The van der Waals surface area contributed by atoms with Crippen LogP contribution in [0.1, 0.15) is 83.6 Å². The van der Waals surface area contributed by atoms with Crippen LogP contribution in [0.5, 0.6) is 0 Å². The highest BCUT2D eigenvalue weighted by atomic mass is 32.2. The molecule has 7 nitrogen and oxygen atoms in total. The fourth-order valence-electron chi connectivity index (χ4n) is 7.16. The molecule has 3 aromatic carbocycles. The van der Waals surface area contributed by atoms with E-state index in [0.29, 0.717) is 42.4 Å². The third kappa shape index (κ3) is 10.7. The first kappa shape index (κ1) is 36.2. The summed E-state index contributed by atoms with van der Waals surface area (Å²) in [6.45, 7) is 4.01. The van der Waals surface area contributed by atoms with Gasteiger partial charge in [-0.05, 0) is 71.9 Å². The number of aliphatic hydroxyl groups is 2. The molecule has 2 aliphatic rings. The summed E-state index contributed by atoms with van der Waals surface area (Å²) in [5, 5.41) is 30.4. The summed E-state index contributed by atoms with van der Waals surface area (Å²) < 4.78 is 13.8. The Kier molecular flexibility index (Phi) is 13.2. The lowest BCUT2D eigenvalue weighted by Gasteiger charge is -2.34. The second-order valence-corrected chi connectivity index (χ2v) is 16.2. The van der Waals surface area contributed by atoms with Gasteiger partial charge in [0.05, 0.1) is 28.9 Å². The molecule has 0 aromatic heterocycles. The van der Waals surface area contributed by atoms with Gasteiger partial charge in [-0.15, -0.1) is 0 Å². The van der Waals surface area contributed by atoms with Crippen LogP contribution in [-0.4, -0.2) is 56.3 Å². The molecule has 6 atom stereocenters. The van der Waals surface area contributed by atoms with Crippen LogP contribution in [0, 0.1) is 23.7 Å². The largest absolute Gasteiger partial charge is 0.390 e. The Labute approximate surface area is 288 Å². The number of aliphatic hydroxyl groups excluding tert-OH is 2. The van der Waals surface area contributed by atoms with E-state index in [-0.39, 0.29) is 23.5 Å². The summed E-state index contributed by atoms with van der Waals surface area (Å²) in [7, 11) is -1.44. The van der Waals surface area contributed by atoms with Crippen LogP contribution in [0.15, 0.2) is 77.7 Å². The Morgan fingerprint density at radius 2 is 1.46 bits per heavy atom. The summed E-state index contributed by atoms with van der Waals surface area (Å²) in [6, 6.07) is 22.0. The highest BCUT2D eigenvalue weighted by molar-refractivity contribution is 7.85. The molecule has 3 aromatic rings. The van der Waals surface area contributed by atoms with Gasteiger partial charge in [0.1, 0.15) is 12.1 Å². The fraction of sp³-hybridized carbons (Fsp3) is 0.550. The van der Waals surface area contributed by atoms with E-state index in [1.54, 1.807) is 0 Å². The van der Waals surface area contributed by atoms with Gasteiger partial charge in [0.25, 0.3) is 0 Å². The molecule has 260 valence electrons. The lowest BCUT2D eigenvalue weighted by atomic mass is 9.82. The second-order valence-electron chi connectivity index (χ2n) is 14.7. The average molecular weight is 675 g/mol. The van der Waals surface area contributed by atoms with Crippen molar-refractivity contribution in [1.29, 1.82) is 0 Å². The van der Waals surface area contributed by atoms with Crippen molar-refractivity contribution in [2.75, 3.05) is 5.75 Å². The van der Waals surface area contributed by atoms with Gasteiger partial charge in [-0.3, -0.25) is 13.8 Å². The molecule has 2 amide bonds. The minimum Gasteiger partial charge on any atom is -0.390 e. The van der Waals surface area contributed by atoms with Crippen molar-refractivity contribution < 1.29 is 24.0 Å². The van der Waals surface area contributed by atoms with Gasteiger partial charge < -0.3 is 20.8 Å². The number of carbonyl (C=O) groups is 2. The molecule has 2 aliphatic carbocycles. The first-order chi connectivity index (χ1) is 23.2. The summed E-state index contributed by atoms with van der Waals surface area (Å²) in [5.41, 5.74) is 0.964. The van der Waals surface area contributed by atoms with Crippen LogP contribution < -0.4 is 10.6 Å². The number of hydrogen-bond acceptors (Lipinski definition) is 5. The van der Waals surface area contributed by atoms with E-state index in [1.165, 1.54) is 6.42 Å². The monoisotopic (exact) mass is 674 g/mol. The maximum absolute atomic E-state index is 14.1. The average Bonchev–Trinajstić information content (AvgIpc) is 3.91. The summed E-state index contributed by atoms with van der Waals surface area (Å²) >= 11 is 0. The number of nitrogens with one attached hydrogen (secondary N) is 2. The van der Waals surface area contributed by atoms with Gasteiger partial charge in [-0.2, -0.15) is 0 Å². The molecule has 0 aliphatic heterocycles. The molecule has 4 N–H and O–H groups in total. The predicted molar refractivity (Wildman–Crippen MR) is 193 cm³/mol. The van der Waals surface area contributed by atoms with Crippen molar-refractivity contribution >= 4 is 33.4 Å². The molecule has 1 unspecified atom stereocenters. The van der Waals surface area contributed by atoms with Crippen molar-refractivity contribution in [3.05, 3.63) is 78.4 Å². The number of fused-ring (bicyclic) bond motifs is 1. The molecular weight excluding hydrogens is 621 g/mol. The Hall–Kier alpha value is -3.07. The summed E-state index contributed by atoms with van der Waals surface area (Å²) in [6.07, 6.45) is 7.54. The number of benzene rings is 3. The highest BCUT2D eigenvalue weighted by Gasteiger charge is 2.36. The van der Waals surface area contributed by atoms with Crippen molar-refractivity contribution in [3.63, 3.8) is 0 Å². The van der Waals surface area contributed by atoms with Crippen molar-refractivity contribution in [2.45, 2.75) is 114 Å². The van der Waals surface area contributed by atoms with Gasteiger partial charge in [0.15, 0.2) is 0 Å². The number of carbonyl (C=O) groups excluding carboxylic acids is 2. The number of hydrogen-bond donors (Lipinski definition) is 4. The van der Waals surface area contributed by atoms with Crippen LogP contribution in [-0.2, 0) is 26.8 Å².